The third-order valence-corrected chi connectivity index (χ3v) is 4.10. The minimum atomic E-state index is -0.141. The summed E-state index contributed by atoms with van der Waals surface area (Å²) >= 11 is 1.81. The molecule has 0 radical (unpaired) electrons. The highest BCUT2D eigenvalue weighted by atomic mass is 32.1. The largest absolute Gasteiger partial charge is 0.394 e. The number of hydrogen-bond donors (Lipinski definition) is 2. The zero-order chi connectivity index (χ0) is 12.0. The van der Waals surface area contributed by atoms with Crippen LogP contribution in [0.1, 0.15) is 38.5 Å². The van der Waals surface area contributed by atoms with Gasteiger partial charge >= 0.3 is 0 Å². The minimum absolute atomic E-state index is 0.141. The zero-order valence-electron chi connectivity index (χ0n) is 10.5. The number of nitrogens with one attached hydrogen (secondary N) is 1. The van der Waals surface area contributed by atoms with Crippen LogP contribution in [0.15, 0.2) is 17.5 Å². The van der Waals surface area contributed by atoms with Gasteiger partial charge in [-0.15, -0.1) is 11.3 Å². The van der Waals surface area contributed by atoms with Crippen molar-refractivity contribution in [3.05, 3.63) is 22.4 Å². The molecule has 92 valence electrons. The van der Waals surface area contributed by atoms with Crippen molar-refractivity contribution < 1.29 is 5.11 Å². The van der Waals surface area contributed by atoms with Crippen LogP contribution in [0.5, 0.6) is 0 Å². The molecular weight excluding hydrogens is 218 g/mol. The van der Waals surface area contributed by atoms with Gasteiger partial charge in [0.15, 0.2) is 0 Å². The van der Waals surface area contributed by atoms with Gasteiger partial charge in [-0.1, -0.05) is 19.9 Å². The summed E-state index contributed by atoms with van der Waals surface area (Å²) in [6.45, 7) is 6.59. The average molecular weight is 241 g/mol. The van der Waals surface area contributed by atoms with Crippen LogP contribution in [0.2, 0.25) is 0 Å². The third-order valence-electron chi connectivity index (χ3n) is 3.20. The maximum absolute atomic E-state index is 9.40. The first-order valence-corrected chi connectivity index (χ1v) is 6.92. The van der Waals surface area contributed by atoms with Gasteiger partial charge < -0.3 is 10.4 Å². The van der Waals surface area contributed by atoms with Gasteiger partial charge in [-0.3, -0.25) is 0 Å². The van der Waals surface area contributed by atoms with Gasteiger partial charge in [-0.2, -0.15) is 0 Å². The Kier molecular flexibility index (Phi) is 5.46. The highest BCUT2D eigenvalue weighted by Gasteiger charge is 2.23. The zero-order valence-corrected chi connectivity index (χ0v) is 11.3. The van der Waals surface area contributed by atoms with Crippen molar-refractivity contribution >= 4 is 11.3 Å². The van der Waals surface area contributed by atoms with Crippen molar-refractivity contribution in [1.82, 2.24) is 5.32 Å². The van der Waals surface area contributed by atoms with E-state index in [-0.39, 0.29) is 12.1 Å². The van der Waals surface area contributed by atoms with Gasteiger partial charge in [0.25, 0.3) is 0 Å². The molecule has 3 heteroatoms. The van der Waals surface area contributed by atoms with Crippen LogP contribution in [0.4, 0.5) is 0 Å². The van der Waals surface area contributed by atoms with Gasteiger partial charge in [-0.05, 0) is 37.6 Å². The molecule has 0 aliphatic carbocycles. The van der Waals surface area contributed by atoms with Crippen molar-refractivity contribution in [3.8, 4) is 0 Å². The molecule has 0 fully saturated rings. The lowest BCUT2D eigenvalue weighted by Crippen LogP contribution is -2.50. The molecule has 1 rings (SSSR count). The number of aliphatic hydroxyl groups is 1. The summed E-state index contributed by atoms with van der Waals surface area (Å²) in [6, 6.07) is 4.73. The molecule has 0 saturated carbocycles. The van der Waals surface area contributed by atoms with Crippen LogP contribution in [0.25, 0.3) is 0 Å². The summed E-state index contributed by atoms with van der Waals surface area (Å²) in [7, 11) is 0. The molecule has 0 saturated heterocycles. The maximum Gasteiger partial charge on any atom is 0.0610 e. The molecule has 2 unspecified atom stereocenters. The third kappa shape index (κ3) is 3.89. The van der Waals surface area contributed by atoms with Crippen molar-refractivity contribution in [3.63, 3.8) is 0 Å². The van der Waals surface area contributed by atoms with Gasteiger partial charge in [-0.25, -0.2) is 0 Å². The van der Waals surface area contributed by atoms with E-state index in [1.165, 1.54) is 4.88 Å². The molecule has 0 aromatic carbocycles. The summed E-state index contributed by atoms with van der Waals surface area (Å²) in [5.41, 5.74) is -0.141. The monoisotopic (exact) mass is 241 g/mol. The standard InChI is InChI=1S/C13H23NOS/c1-4-11(9-12-7-6-8-16-12)14-13(3,5-2)10-15/h6-8,11,14-15H,4-5,9-10H2,1-3H3. The van der Waals surface area contributed by atoms with Crippen molar-refractivity contribution in [2.24, 2.45) is 0 Å². The van der Waals surface area contributed by atoms with Gasteiger partial charge in [0.2, 0.25) is 0 Å². The van der Waals surface area contributed by atoms with E-state index in [1.54, 1.807) is 11.3 Å². The van der Waals surface area contributed by atoms with E-state index in [1.807, 2.05) is 0 Å². The topological polar surface area (TPSA) is 32.3 Å². The molecule has 16 heavy (non-hydrogen) atoms. The second-order valence-corrected chi connectivity index (χ2v) is 5.64. The minimum Gasteiger partial charge on any atom is -0.394 e. The van der Waals surface area contributed by atoms with E-state index in [9.17, 15) is 5.11 Å². The van der Waals surface area contributed by atoms with E-state index in [0.29, 0.717) is 6.04 Å². The highest BCUT2D eigenvalue weighted by molar-refractivity contribution is 7.09. The molecule has 1 aromatic heterocycles. The fourth-order valence-electron chi connectivity index (χ4n) is 1.72. The van der Waals surface area contributed by atoms with Gasteiger partial charge in [0, 0.05) is 16.5 Å². The van der Waals surface area contributed by atoms with E-state index < -0.39 is 0 Å². The molecule has 1 heterocycles. The average Bonchev–Trinajstić information content (AvgIpc) is 2.80. The Bertz CT molecular complexity index is 280. The van der Waals surface area contributed by atoms with Gasteiger partial charge in [0.1, 0.15) is 0 Å². The molecular formula is C13H23NOS. The van der Waals surface area contributed by atoms with Crippen molar-refractivity contribution in [2.45, 2.75) is 51.6 Å². The maximum atomic E-state index is 9.40. The molecule has 2 nitrogen and oxygen atoms in total. The SMILES string of the molecule is CCC(Cc1cccs1)NC(C)(CC)CO. The fraction of sp³-hybridized carbons (Fsp3) is 0.692. The molecule has 1 aromatic rings. The quantitative estimate of drug-likeness (QED) is 0.769. The second-order valence-electron chi connectivity index (χ2n) is 4.61. The normalized spacial score (nSPS) is 17.0. The van der Waals surface area contributed by atoms with Crippen LogP contribution in [-0.4, -0.2) is 23.3 Å². The van der Waals surface area contributed by atoms with E-state index in [2.05, 4.69) is 43.6 Å². The molecule has 0 amide bonds. The lowest BCUT2D eigenvalue weighted by molar-refractivity contribution is 0.155. The summed E-state index contributed by atoms with van der Waals surface area (Å²) in [6.07, 6.45) is 3.10. The number of thiophene rings is 1. The predicted molar refractivity (Wildman–Crippen MR) is 71.0 cm³/mol. The highest BCUT2D eigenvalue weighted by Crippen LogP contribution is 2.16. The molecule has 0 bridgehead atoms. The van der Waals surface area contributed by atoms with Crippen LogP contribution in [-0.2, 0) is 6.42 Å². The number of rotatable bonds is 7. The lowest BCUT2D eigenvalue weighted by Gasteiger charge is -2.32. The summed E-state index contributed by atoms with van der Waals surface area (Å²) in [5, 5.41) is 15.1. The van der Waals surface area contributed by atoms with E-state index in [4.69, 9.17) is 0 Å². The van der Waals surface area contributed by atoms with E-state index >= 15 is 0 Å². The lowest BCUT2D eigenvalue weighted by atomic mass is 9.97. The molecule has 2 atom stereocenters. The Hall–Kier alpha value is -0.380. The van der Waals surface area contributed by atoms with Crippen LogP contribution in [0, 0.1) is 0 Å². The Labute approximate surface area is 103 Å². The molecule has 0 spiro atoms. The summed E-state index contributed by atoms with van der Waals surface area (Å²) in [4.78, 5) is 1.41. The Morgan fingerprint density at radius 2 is 2.25 bits per heavy atom. The fourth-order valence-corrected chi connectivity index (χ4v) is 2.51. The predicted octanol–water partition coefficient (Wildman–Crippen LogP) is 2.82. The first-order valence-electron chi connectivity index (χ1n) is 6.04. The van der Waals surface area contributed by atoms with Crippen LogP contribution in [0.3, 0.4) is 0 Å². The summed E-state index contributed by atoms with van der Waals surface area (Å²) in [5.74, 6) is 0. The van der Waals surface area contributed by atoms with Crippen LogP contribution < -0.4 is 5.32 Å². The van der Waals surface area contributed by atoms with Crippen molar-refractivity contribution in [1.29, 1.82) is 0 Å². The van der Waals surface area contributed by atoms with E-state index in [0.717, 1.165) is 19.3 Å². The molecule has 2 N–H and O–H groups in total. The van der Waals surface area contributed by atoms with Crippen molar-refractivity contribution in [2.75, 3.05) is 6.61 Å². The Morgan fingerprint density at radius 1 is 1.50 bits per heavy atom. The number of hydrogen-bond acceptors (Lipinski definition) is 3. The van der Waals surface area contributed by atoms with Crippen LogP contribution >= 0.6 is 11.3 Å². The Balaban J connectivity index is 2.55. The smallest absolute Gasteiger partial charge is 0.0610 e. The number of aliphatic hydroxyl groups excluding tert-OH is 1. The first-order chi connectivity index (χ1) is 7.63. The first kappa shape index (κ1) is 13.7. The Morgan fingerprint density at radius 3 is 2.69 bits per heavy atom. The van der Waals surface area contributed by atoms with Gasteiger partial charge in [0.05, 0.1) is 6.61 Å². The molecule has 0 aliphatic heterocycles. The molecule has 0 aliphatic rings. The second kappa shape index (κ2) is 6.38. The summed E-state index contributed by atoms with van der Waals surface area (Å²) < 4.78 is 0.